The Bertz CT molecular complexity index is 298. The fourth-order valence-electron chi connectivity index (χ4n) is 2.27. The number of hydrogen-bond acceptors (Lipinski definition) is 5. The van der Waals surface area contributed by atoms with Crippen molar-refractivity contribution in [3.8, 4) is 0 Å². The molecule has 0 bridgehead atoms. The summed E-state index contributed by atoms with van der Waals surface area (Å²) in [6.07, 6.45) is 0.999. The van der Waals surface area contributed by atoms with Gasteiger partial charge in [-0.15, -0.1) is 0 Å². The van der Waals surface area contributed by atoms with Crippen molar-refractivity contribution in [1.82, 2.24) is 10.2 Å². The van der Waals surface area contributed by atoms with E-state index in [2.05, 4.69) is 24.1 Å². The maximum Gasteiger partial charge on any atom is 0.326 e. The van der Waals surface area contributed by atoms with Crippen LogP contribution in [0.3, 0.4) is 0 Å². The molecule has 0 amide bonds. The molecule has 3 unspecified atom stereocenters. The standard InChI is InChI=1S/C14H28N2O3/c1-6-18-13(17)14(4,15-5)7-8-16-9-12(3)19-10-11(16)2/h11-12,15H,6-10H2,1-5H3. The SMILES string of the molecule is CCOC(=O)C(C)(CCN1CC(C)OCC1C)NC. The highest BCUT2D eigenvalue weighted by atomic mass is 16.5. The molecule has 1 heterocycles. The Hall–Kier alpha value is -0.650. The van der Waals surface area contributed by atoms with Crippen LogP contribution in [0.2, 0.25) is 0 Å². The second kappa shape index (κ2) is 7.22. The summed E-state index contributed by atoms with van der Waals surface area (Å²) < 4.78 is 10.8. The zero-order chi connectivity index (χ0) is 14.5. The van der Waals surface area contributed by atoms with Crippen LogP contribution >= 0.6 is 0 Å². The van der Waals surface area contributed by atoms with E-state index in [0.29, 0.717) is 12.6 Å². The van der Waals surface area contributed by atoms with Crippen LogP contribution in [0, 0.1) is 0 Å². The van der Waals surface area contributed by atoms with Crippen LogP contribution in [0.15, 0.2) is 0 Å². The average Bonchev–Trinajstić information content (AvgIpc) is 2.39. The van der Waals surface area contributed by atoms with Gasteiger partial charge >= 0.3 is 5.97 Å². The van der Waals surface area contributed by atoms with Crippen molar-refractivity contribution >= 4 is 5.97 Å². The maximum absolute atomic E-state index is 12.0. The van der Waals surface area contributed by atoms with Crippen molar-refractivity contribution in [3.05, 3.63) is 0 Å². The molecule has 3 atom stereocenters. The Labute approximate surface area is 116 Å². The van der Waals surface area contributed by atoms with E-state index >= 15 is 0 Å². The Morgan fingerprint density at radius 1 is 1.53 bits per heavy atom. The first kappa shape index (κ1) is 16.4. The number of carbonyl (C=O) groups excluding carboxylic acids is 1. The minimum atomic E-state index is -0.614. The molecule has 1 aliphatic rings. The number of rotatable bonds is 6. The van der Waals surface area contributed by atoms with E-state index < -0.39 is 5.54 Å². The first-order valence-corrected chi connectivity index (χ1v) is 7.14. The van der Waals surface area contributed by atoms with Gasteiger partial charge in [0.15, 0.2) is 0 Å². The molecule has 1 saturated heterocycles. The molecule has 5 heteroatoms. The van der Waals surface area contributed by atoms with Crippen LogP contribution in [-0.2, 0) is 14.3 Å². The van der Waals surface area contributed by atoms with Gasteiger partial charge in [-0.2, -0.15) is 0 Å². The summed E-state index contributed by atoms with van der Waals surface area (Å²) in [7, 11) is 1.81. The largest absolute Gasteiger partial charge is 0.465 e. The summed E-state index contributed by atoms with van der Waals surface area (Å²) in [6.45, 7) is 10.9. The van der Waals surface area contributed by atoms with Crippen LogP contribution in [-0.4, -0.2) is 61.9 Å². The van der Waals surface area contributed by atoms with Crippen molar-refractivity contribution in [1.29, 1.82) is 0 Å². The molecular weight excluding hydrogens is 244 g/mol. The van der Waals surface area contributed by atoms with Crippen LogP contribution in [0.4, 0.5) is 0 Å². The van der Waals surface area contributed by atoms with Crippen LogP contribution in [0.5, 0.6) is 0 Å². The first-order valence-electron chi connectivity index (χ1n) is 7.14. The molecule has 0 saturated carbocycles. The molecule has 0 aromatic carbocycles. The lowest BCUT2D eigenvalue weighted by Gasteiger charge is -2.38. The highest BCUT2D eigenvalue weighted by Gasteiger charge is 2.34. The Morgan fingerprint density at radius 3 is 2.79 bits per heavy atom. The second-order valence-electron chi connectivity index (χ2n) is 5.54. The zero-order valence-corrected chi connectivity index (χ0v) is 12.9. The summed E-state index contributed by atoms with van der Waals surface area (Å²) in [5.74, 6) is -0.175. The molecular formula is C14H28N2O3. The van der Waals surface area contributed by atoms with Crippen LogP contribution in [0.1, 0.15) is 34.1 Å². The number of hydrogen-bond donors (Lipinski definition) is 1. The zero-order valence-electron chi connectivity index (χ0n) is 12.9. The monoisotopic (exact) mass is 272 g/mol. The number of ether oxygens (including phenoxy) is 2. The third-order valence-corrected chi connectivity index (χ3v) is 3.91. The van der Waals surface area contributed by atoms with E-state index in [0.717, 1.165) is 26.1 Å². The van der Waals surface area contributed by atoms with E-state index in [1.807, 2.05) is 20.9 Å². The normalized spacial score (nSPS) is 27.8. The predicted octanol–water partition coefficient (Wildman–Crippen LogP) is 1.03. The quantitative estimate of drug-likeness (QED) is 0.732. The minimum Gasteiger partial charge on any atom is -0.465 e. The molecule has 0 aliphatic carbocycles. The highest BCUT2D eigenvalue weighted by Crippen LogP contribution is 2.17. The van der Waals surface area contributed by atoms with Crippen molar-refractivity contribution in [2.75, 3.05) is 33.4 Å². The van der Waals surface area contributed by atoms with Gasteiger partial charge in [0.1, 0.15) is 5.54 Å². The van der Waals surface area contributed by atoms with Crippen LogP contribution in [0.25, 0.3) is 0 Å². The Balaban J connectivity index is 2.54. The fraction of sp³-hybridized carbons (Fsp3) is 0.929. The van der Waals surface area contributed by atoms with Crippen molar-refractivity contribution in [3.63, 3.8) is 0 Å². The molecule has 0 radical (unpaired) electrons. The van der Waals surface area contributed by atoms with Gasteiger partial charge in [-0.05, 0) is 41.2 Å². The molecule has 0 spiro atoms. The molecule has 1 N–H and O–H groups in total. The molecule has 112 valence electrons. The van der Waals surface area contributed by atoms with Gasteiger partial charge in [0.05, 0.1) is 19.3 Å². The lowest BCUT2D eigenvalue weighted by molar-refractivity contribution is -0.151. The van der Waals surface area contributed by atoms with Crippen LogP contribution < -0.4 is 5.32 Å². The molecule has 1 fully saturated rings. The van der Waals surface area contributed by atoms with Gasteiger partial charge in [-0.3, -0.25) is 9.69 Å². The summed E-state index contributed by atoms with van der Waals surface area (Å²) in [4.78, 5) is 14.4. The predicted molar refractivity (Wildman–Crippen MR) is 75.2 cm³/mol. The molecule has 5 nitrogen and oxygen atoms in total. The summed E-state index contributed by atoms with van der Waals surface area (Å²) in [5, 5.41) is 3.10. The summed E-state index contributed by atoms with van der Waals surface area (Å²) in [5.41, 5.74) is -0.614. The molecule has 0 aromatic heterocycles. The smallest absolute Gasteiger partial charge is 0.326 e. The van der Waals surface area contributed by atoms with Crippen molar-refractivity contribution in [2.24, 2.45) is 0 Å². The third kappa shape index (κ3) is 4.44. The second-order valence-corrected chi connectivity index (χ2v) is 5.54. The Morgan fingerprint density at radius 2 is 2.21 bits per heavy atom. The lowest BCUT2D eigenvalue weighted by Crippen LogP contribution is -2.53. The van der Waals surface area contributed by atoms with Gasteiger partial charge in [0.25, 0.3) is 0 Å². The third-order valence-electron chi connectivity index (χ3n) is 3.91. The maximum atomic E-state index is 12.0. The van der Waals surface area contributed by atoms with Crippen molar-refractivity contribution < 1.29 is 14.3 Å². The van der Waals surface area contributed by atoms with Gasteiger partial charge in [-0.25, -0.2) is 0 Å². The van der Waals surface area contributed by atoms with E-state index in [9.17, 15) is 4.79 Å². The van der Waals surface area contributed by atoms with Gasteiger partial charge in [0, 0.05) is 19.1 Å². The number of nitrogens with zero attached hydrogens (tertiary/aromatic N) is 1. The van der Waals surface area contributed by atoms with Gasteiger partial charge in [-0.1, -0.05) is 0 Å². The molecule has 1 rings (SSSR count). The highest BCUT2D eigenvalue weighted by molar-refractivity contribution is 5.80. The Kier molecular flexibility index (Phi) is 6.23. The van der Waals surface area contributed by atoms with E-state index in [-0.39, 0.29) is 12.1 Å². The van der Waals surface area contributed by atoms with E-state index in [1.165, 1.54) is 0 Å². The van der Waals surface area contributed by atoms with E-state index in [4.69, 9.17) is 9.47 Å². The number of nitrogens with one attached hydrogen (secondary N) is 1. The summed E-state index contributed by atoms with van der Waals surface area (Å²) in [6, 6.07) is 0.402. The molecule has 19 heavy (non-hydrogen) atoms. The first-order chi connectivity index (χ1) is 8.92. The van der Waals surface area contributed by atoms with Crippen molar-refractivity contribution in [2.45, 2.75) is 51.8 Å². The topological polar surface area (TPSA) is 50.8 Å². The van der Waals surface area contributed by atoms with E-state index in [1.54, 1.807) is 0 Å². The number of likely N-dealkylation sites (N-methyl/N-ethyl adjacent to an activating group) is 1. The summed E-state index contributed by atoms with van der Waals surface area (Å²) >= 11 is 0. The molecule has 0 aromatic rings. The molecule has 1 aliphatic heterocycles. The number of morpholine rings is 1. The minimum absolute atomic E-state index is 0.175. The number of carbonyl (C=O) groups is 1. The average molecular weight is 272 g/mol. The number of esters is 1. The lowest BCUT2D eigenvalue weighted by atomic mass is 9.97. The fourth-order valence-corrected chi connectivity index (χ4v) is 2.27. The van der Waals surface area contributed by atoms with Gasteiger partial charge in [0.2, 0.25) is 0 Å². The van der Waals surface area contributed by atoms with Gasteiger partial charge < -0.3 is 14.8 Å².